The highest BCUT2D eigenvalue weighted by Gasteiger charge is 2.63. The first kappa shape index (κ1) is 50.2. The number of carbonyl (C=O) groups excluding carboxylic acids is 2. The van der Waals surface area contributed by atoms with Crippen LogP contribution >= 0.6 is 0 Å². The van der Waals surface area contributed by atoms with Crippen molar-refractivity contribution in [1.29, 1.82) is 0 Å². The Morgan fingerprint density at radius 2 is 1.52 bits per heavy atom. The lowest BCUT2D eigenvalue weighted by Crippen LogP contribution is -2.66. The molecule has 4 aliphatic carbocycles. The van der Waals surface area contributed by atoms with E-state index in [0.29, 0.717) is 50.5 Å². The smallest absolute Gasteiger partial charge is 0.216 e. The zero-order chi connectivity index (χ0) is 46.6. The number of ether oxygens (including phenoxy) is 6. The maximum Gasteiger partial charge on any atom is 0.216 e. The molecule has 366 valence electrons. The van der Waals surface area contributed by atoms with Crippen LogP contribution in [0.25, 0.3) is 0 Å². The molecule has 18 nitrogen and oxygen atoms in total. The van der Waals surface area contributed by atoms with Crippen molar-refractivity contribution in [2.24, 2.45) is 46.3 Å². The Bertz CT molecular complexity index is 1650. The summed E-state index contributed by atoms with van der Waals surface area (Å²) in [6.07, 6.45) is -13.0. The van der Waals surface area contributed by atoms with Crippen LogP contribution in [-0.4, -0.2) is 176 Å². The van der Waals surface area contributed by atoms with Gasteiger partial charge in [0.25, 0.3) is 0 Å². The fraction of sp³-hybridized carbons (Fsp3) is 0.913. The van der Waals surface area contributed by atoms with Gasteiger partial charge in [-0.1, -0.05) is 39.3 Å². The summed E-state index contributed by atoms with van der Waals surface area (Å²) in [5.41, 5.74) is 0.994. The third-order valence-corrected chi connectivity index (χ3v) is 16.8. The minimum Gasteiger partial charge on any atom is -0.394 e. The molecule has 0 aromatic rings. The van der Waals surface area contributed by atoms with Gasteiger partial charge in [-0.2, -0.15) is 0 Å². The summed E-state index contributed by atoms with van der Waals surface area (Å²) < 4.78 is 35.4. The molecule has 0 radical (unpaired) electrons. The number of ketones is 1. The van der Waals surface area contributed by atoms with E-state index in [-0.39, 0.29) is 52.3 Å². The molecular weight excluding hydrogens is 838 g/mol. The van der Waals surface area contributed by atoms with Crippen LogP contribution in [0.3, 0.4) is 0 Å². The predicted octanol–water partition coefficient (Wildman–Crippen LogP) is -0.206. The molecule has 3 aliphatic heterocycles. The van der Waals surface area contributed by atoms with Gasteiger partial charge >= 0.3 is 0 Å². The second kappa shape index (κ2) is 20.1. The summed E-state index contributed by atoms with van der Waals surface area (Å²) in [6, 6.07) is 0. The monoisotopic (exact) mass is 914 g/mol. The Hall–Kier alpha value is -1.72. The van der Waals surface area contributed by atoms with Gasteiger partial charge in [-0.3, -0.25) is 9.59 Å². The number of fused-ring (bicyclic) bond motifs is 5. The summed E-state index contributed by atoms with van der Waals surface area (Å²) in [4.78, 5) is 25.0. The molecule has 7 rings (SSSR count). The third-order valence-electron chi connectivity index (χ3n) is 16.8. The van der Waals surface area contributed by atoms with E-state index in [1.165, 1.54) is 19.4 Å². The second-order valence-corrected chi connectivity index (χ2v) is 20.8. The number of Topliss-reactive ketones (excluding diaryl/α,β-unsaturated/α-hetero) is 1. The highest BCUT2D eigenvalue weighted by atomic mass is 16.8. The summed E-state index contributed by atoms with van der Waals surface area (Å²) in [5, 5.41) is 99.9. The van der Waals surface area contributed by atoms with Crippen molar-refractivity contribution in [2.45, 2.75) is 198 Å². The van der Waals surface area contributed by atoms with E-state index >= 15 is 0 Å². The van der Waals surface area contributed by atoms with Gasteiger partial charge in [0.15, 0.2) is 18.9 Å². The van der Waals surface area contributed by atoms with E-state index in [2.05, 4.69) is 25.2 Å². The lowest BCUT2D eigenvalue weighted by Gasteiger charge is -2.58. The van der Waals surface area contributed by atoms with Crippen LogP contribution in [0.4, 0.5) is 0 Å². The van der Waals surface area contributed by atoms with E-state index in [1.807, 2.05) is 13.8 Å². The Morgan fingerprint density at radius 1 is 0.828 bits per heavy atom. The van der Waals surface area contributed by atoms with Gasteiger partial charge < -0.3 is 79.7 Å². The molecule has 1 amide bonds. The quantitative estimate of drug-likeness (QED) is 0.101. The molecule has 10 N–H and O–H groups in total. The van der Waals surface area contributed by atoms with Crippen LogP contribution in [0.5, 0.6) is 0 Å². The van der Waals surface area contributed by atoms with E-state index in [9.17, 15) is 55.5 Å². The van der Waals surface area contributed by atoms with Crippen LogP contribution < -0.4 is 5.32 Å². The Morgan fingerprint density at radius 3 is 2.22 bits per heavy atom. The van der Waals surface area contributed by atoms with Crippen LogP contribution in [0.15, 0.2) is 11.6 Å². The van der Waals surface area contributed by atoms with Crippen molar-refractivity contribution in [1.82, 2.24) is 5.32 Å². The SMILES string of the molecule is CC(=O)NC[C@H](C)CCC(=O)[C@@H](C)[C@H]1[C@H](O)C[C@H]2[C@@H]3CC=C4C[C@@H](O[C@@H]5O[C@H](CO)[C@H](O[C@@H]6O[C@@H](C)[C@H](O)[C@@H](O)[C@H]6O[C@@H]6OC[C@@H](O)[C@H](O)[C@H]6O)[C@H](O)[C@H]5O)CC[C@]4(C)[C@H]3CC[C@]12C. The van der Waals surface area contributed by atoms with E-state index in [0.717, 1.165) is 25.7 Å². The Labute approximate surface area is 375 Å². The molecule has 7 aliphatic rings. The van der Waals surface area contributed by atoms with Crippen molar-refractivity contribution in [3.63, 3.8) is 0 Å². The number of nitrogens with one attached hydrogen (secondary N) is 1. The van der Waals surface area contributed by atoms with Crippen molar-refractivity contribution >= 4 is 11.7 Å². The molecule has 0 bridgehead atoms. The van der Waals surface area contributed by atoms with Crippen molar-refractivity contribution < 1.29 is 84.0 Å². The largest absolute Gasteiger partial charge is 0.394 e. The van der Waals surface area contributed by atoms with Crippen LogP contribution in [0.1, 0.15) is 99.3 Å². The third kappa shape index (κ3) is 9.63. The molecule has 3 saturated heterocycles. The average Bonchev–Trinajstić information content (AvgIpc) is 3.54. The van der Waals surface area contributed by atoms with Crippen molar-refractivity contribution in [3.05, 3.63) is 11.6 Å². The van der Waals surface area contributed by atoms with Gasteiger partial charge in [0.2, 0.25) is 5.91 Å². The first-order valence-corrected chi connectivity index (χ1v) is 23.6. The number of rotatable bonds is 14. The molecular formula is C46H75NO17. The fourth-order valence-electron chi connectivity index (χ4n) is 12.9. The molecule has 24 atom stereocenters. The number of carbonyl (C=O) groups is 2. The topological polar surface area (TPSA) is 284 Å². The highest BCUT2D eigenvalue weighted by molar-refractivity contribution is 5.81. The number of hydrogen-bond donors (Lipinski definition) is 10. The minimum absolute atomic E-state index is 0.0825. The molecule has 6 fully saturated rings. The van der Waals surface area contributed by atoms with E-state index in [4.69, 9.17) is 28.4 Å². The Kier molecular flexibility index (Phi) is 15.7. The number of allylic oxidation sites excluding steroid dienone is 1. The second-order valence-electron chi connectivity index (χ2n) is 20.8. The van der Waals surface area contributed by atoms with E-state index < -0.39 is 105 Å². The first-order valence-electron chi connectivity index (χ1n) is 23.6. The number of amides is 1. The molecule has 3 saturated carbocycles. The summed E-state index contributed by atoms with van der Waals surface area (Å²) in [6.45, 7) is 11.1. The fourth-order valence-corrected chi connectivity index (χ4v) is 12.9. The lowest BCUT2D eigenvalue weighted by atomic mass is 9.47. The maximum atomic E-state index is 13.6. The molecule has 64 heavy (non-hydrogen) atoms. The van der Waals surface area contributed by atoms with E-state index in [1.54, 1.807) is 0 Å². The molecule has 0 aromatic heterocycles. The van der Waals surface area contributed by atoms with Gasteiger partial charge in [0.1, 0.15) is 66.8 Å². The zero-order valence-electron chi connectivity index (χ0n) is 38.1. The predicted molar refractivity (Wildman–Crippen MR) is 224 cm³/mol. The number of aliphatic hydroxyl groups is 9. The van der Waals surface area contributed by atoms with Gasteiger partial charge in [-0.25, -0.2) is 0 Å². The molecule has 0 unspecified atom stereocenters. The van der Waals surface area contributed by atoms with Gasteiger partial charge in [0, 0.05) is 25.8 Å². The number of hydrogen-bond acceptors (Lipinski definition) is 17. The summed E-state index contributed by atoms with van der Waals surface area (Å²) in [7, 11) is 0. The highest BCUT2D eigenvalue weighted by Crippen LogP contribution is 2.67. The van der Waals surface area contributed by atoms with Crippen molar-refractivity contribution in [3.8, 4) is 0 Å². The average molecular weight is 914 g/mol. The summed E-state index contributed by atoms with van der Waals surface area (Å²) >= 11 is 0. The normalized spacial score (nSPS) is 49.1. The van der Waals surface area contributed by atoms with Crippen molar-refractivity contribution in [2.75, 3.05) is 19.8 Å². The molecule has 3 heterocycles. The lowest BCUT2D eigenvalue weighted by molar-refractivity contribution is -0.382. The van der Waals surface area contributed by atoms with Gasteiger partial charge in [0.05, 0.1) is 31.5 Å². The summed E-state index contributed by atoms with van der Waals surface area (Å²) in [5.74, 6) is 0.901. The van der Waals surface area contributed by atoms with Crippen LogP contribution in [0, 0.1) is 46.3 Å². The molecule has 0 spiro atoms. The van der Waals surface area contributed by atoms with Crippen LogP contribution in [0.2, 0.25) is 0 Å². The molecule has 18 heteroatoms. The maximum absolute atomic E-state index is 13.6. The minimum atomic E-state index is -1.74. The Balaban J connectivity index is 0.972. The zero-order valence-corrected chi connectivity index (χ0v) is 38.1. The standard InChI is InChI=1S/C46H75NO17/c1-20(17-47-23(4)49)7-10-29(50)21(2)33-30(51)16-28-26-9-8-24-15-25(11-13-45(24,5)27(26)12-14-46(28,33)6)61-43-39(58)37(56)40(32(18-48)62-43)63-44-41(36(55)34(53)22(3)60-44)64-42-38(57)35(54)31(52)19-59-42/h8,20-22,25-28,30-44,48,51-58H,7,9-19H2,1-6H3,(H,47,49)/t20-,21-,22+,25+,26-,27+,28+,30-,31-,32-,33+,34+,35+,36-,37-,38-,39-,40+,41-,42+,43-,44+,45+,46+/m1/s1. The van der Waals surface area contributed by atoms with Gasteiger partial charge in [-0.05, 0) is 98.7 Å². The number of aliphatic hydroxyl groups excluding tert-OH is 9. The van der Waals surface area contributed by atoms with Crippen LogP contribution in [-0.2, 0) is 38.0 Å². The first-order chi connectivity index (χ1) is 30.2. The molecule has 0 aromatic carbocycles. The van der Waals surface area contributed by atoms with Gasteiger partial charge in [-0.15, -0.1) is 0 Å².